The quantitative estimate of drug-likeness (QED) is 0.234. The van der Waals surface area contributed by atoms with E-state index in [-0.39, 0.29) is 25.0 Å². The fourth-order valence-electron chi connectivity index (χ4n) is 2.66. The highest BCUT2D eigenvalue weighted by Gasteiger charge is 2.39. The van der Waals surface area contributed by atoms with Crippen LogP contribution in [0.2, 0.25) is 0 Å². The van der Waals surface area contributed by atoms with Gasteiger partial charge in [0.15, 0.2) is 0 Å². The Kier molecular flexibility index (Phi) is 26.1. The highest BCUT2D eigenvalue weighted by molar-refractivity contribution is 6.14. The normalized spacial score (nSPS) is 15.0. The van der Waals surface area contributed by atoms with Crippen LogP contribution in [0.1, 0.15) is 73.1 Å². The molecule has 0 aliphatic carbocycles. The van der Waals surface area contributed by atoms with E-state index in [0.717, 1.165) is 45.5 Å². The third kappa shape index (κ3) is 19.2. The monoisotopic (exact) mass is 514 g/mol. The molecule has 2 amide bonds. The summed E-state index contributed by atoms with van der Waals surface area (Å²) in [6.07, 6.45) is 5.03. The molecule has 1 aromatic rings. The average molecular weight is 515 g/mol. The van der Waals surface area contributed by atoms with Crippen molar-refractivity contribution in [2.45, 2.75) is 79.2 Å². The summed E-state index contributed by atoms with van der Waals surface area (Å²) < 4.78 is 9.99. The molecule has 1 aromatic carbocycles. The Balaban J connectivity index is 0. The fourth-order valence-corrected chi connectivity index (χ4v) is 2.66. The van der Waals surface area contributed by atoms with E-state index in [1.54, 1.807) is 12.1 Å². The van der Waals surface area contributed by atoms with Crippen LogP contribution >= 0.6 is 0 Å². The zero-order valence-corrected chi connectivity index (χ0v) is 22.9. The van der Waals surface area contributed by atoms with Gasteiger partial charge in [0, 0.05) is 33.0 Å². The minimum Gasteiger partial charge on any atom is -0.396 e. The topological polar surface area (TPSA) is 129 Å². The zero-order chi connectivity index (χ0) is 27.6. The molecule has 210 valence electrons. The molecule has 2 unspecified atom stereocenters. The van der Waals surface area contributed by atoms with E-state index >= 15 is 0 Å². The van der Waals surface area contributed by atoms with E-state index in [4.69, 9.17) is 24.8 Å². The summed E-state index contributed by atoms with van der Waals surface area (Å²) in [7, 11) is 0. The van der Waals surface area contributed by atoms with Crippen LogP contribution in [-0.4, -0.2) is 72.9 Å². The van der Waals surface area contributed by atoms with Gasteiger partial charge in [0.25, 0.3) is 11.8 Å². The molecule has 1 saturated heterocycles. The molecule has 36 heavy (non-hydrogen) atoms. The van der Waals surface area contributed by atoms with Crippen LogP contribution in [0.5, 0.6) is 0 Å². The summed E-state index contributed by atoms with van der Waals surface area (Å²) in [5.74, 6) is -0.850. The lowest BCUT2D eigenvalue weighted by Gasteiger charge is -2.14. The number of carbonyl (C=O) groups is 2. The number of unbranched alkanes of at least 4 members (excludes halogenated alkanes) is 2. The fraction of sp³-hybridized carbons (Fsp3) is 0.704. The molecule has 0 saturated carbocycles. The summed E-state index contributed by atoms with van der Waals surface area (Å²) in [4.78, 5) is 23.8. The van der Waals surface area contributed by atoms with E-state index < -0.39 is 12.0 Å². The maximum atomic E-state index is 12.1. The molecule has 1 aliphatic heterocycles. The predicted molar refractivity (Wildman–Crippen MR) is 143 cm³/mol. The van der Waals surface area contributed by atoms with Crippen molar-refractivity contribution in [2.24, 2.45) is 5.92 Å². The highest BCUT2D eigenvalue weighted by Crippen LogP contribution is 2.22. The Morgan fingerprint density at radius 2 is 1.47 bits per heavy atom. The van der Waals surface area contributed by atoms with E-state index in [9.17, 15) is 9.59 Å². The molecular formula is C27H50N2O7. The molecule has 1 aliphatic rings. The average Bonchev–Trinajstić information content (AvgIpc) is 3.17. The minimum atomic E-state index is -0.560. The molecule has 9 heteroatoms. The summed E-state index contributed by atoms with van der Waals surface area (Å²) in [6, 6.07) is 9.17. The van der Waals surface area contributed by atoms with Crippen molar-refractivity contribution in [3.63, 3.8) is 0 Å². The van der Waals surface area contributed by atoms with Crippen LogP contribution in [0, 0.1) is 5.92 Å². The second kappa shape index (κ2) is 26.0. The van der Waals surface area contributed by atoms with Gasteiger partial charge >= 0.3 is 0 Å². The van der Waals surface area contributed by atoms with E-state index in [1.807, 2.05) is 39.0 Å². The maximum Gasteiger partial charge on any atom is 0.258 e. The van der Waals surface area contributed by atoms with Gasteiger partial charge in [-0.2, -0.15) is 0 Å². The lowest BCUT2D eigenvalue weighted by atomic mass is 10.0. The van der Waals surface area contributed by atoms with Crippen molar-refractivity contribution in [1.29, 1.82) is 0 Å². The molecule has 1 fully saturated rings. The molecular weight excluding hydrogens is 464 g/mol. The van der Waals surface area contributed by atoms with Crippen molar-refractivity contribution in [3.05, 3.63) is 30.3 Å². The number of aliphatic hydroxyl groups is 3. The van der Waals surface area contributed by atoms with Gasteiger partial charge < -0.3 is 24.8 Å². The van der Waals surface area contributed by atoms with Crippen LogP contribution in [-0.2, 0) is 19.1 Å². The molecule has 2 atom stereocenters. The molecule has 4 N–H and O–H groups in total. The Bertz CT molecular complexity index is 622. The Morgan fingerprint density at radius 3 is 1.92 bits per heavy atom. The summed E-state index contributed by atoms with van der Waals surface area (Å²) in [6.45, 7) is 13.0. The van der Waals surface area contributed by atoms with E-state index in [1.165, 1.54) is 18.4 Å². The van der Waals surface area contributed by atoms with E-state index in [2.05, 4.69) is 12.3 Å². The second-order valence-corrected chi connectivity index (χ2v) is 8.04. The van der Waals surface area contributed by atoms with Gasteiger partial charge in [0.05, 0.1) is 18.4 Å². The predicted octanol–water partition coefficient (Wildman–Crippen LogP) is 3.46. The number of aliphatic hydroxyl groups excluding tert-OH is 3. The Morgan fingerprint density at radius 1 is 0.917 bits per heavy atom. The van der Waals surface area contributed by atoms with Crippen molar-refractivity contribution >= 4 is 17.5 Å². The number of nitrogens with one attached hydrogen (secondary N) is 1. The van der Waals surface area contributed by atoms with Gasteiger partial charge in [0.2, 0.25) is 0 Å². The van der Waals surface area contributed by atoms with Crippen molar-refractivity contribution < 1.29 is 34.4 Å². The Labute approximate surface area is 217 Å². The number of carbonyl (C=O) groups excluding carboxylic acids is 2. The molecule has 0 spiro atoms. The highest BCUT2D eigenvalue weighted by atomic mass is 16.5. The summed E-state index contributed by atoms with van der Waals surface area (Å²) in [5.41, 5.74) is 3.34. The second-order valence-electron chi connectivity index (χ2n) is 8.04. The third-order valence-corrected chi connectivity index (χ3v) is 4.68. The number of hydrazine groups is 1. The first kappa shape index (κ1) is 36.1. The molecule has 9 nitrogen and oxygen atoms in total. The van der Waals surface area contributed by atoms with Gasteiger partial charge in [-0.1, -0.05) is 51.3 Å². The number of benzene rings is 1. The number of hydrogen-bond acceptors (Lipinski definition) is 7. The van der Waals surface area contributed by atoms with E-state index in [0.29, 0.717) is 18.7 Å². The van der Waals surface area contributed by atoms with Crippen LogP contribution in [0.15, 0.2) is 30.3 Å². The number of para-hydroxylation sites is 1. The summed E-state index contributed by atoms with van der Waals surface area (Å²) in [5, 5.41) is 25.7. The number of anilines is 1. The van der Waals surface area contributed by atoms with Gasteiger partial charge in [-0.25, -0.2) is 5.01 Å². The number of ether oxygens (including phenoxy) is 2. The minimum absolute atomic E-state index is 0.139. The van der Waals surface area contributed by atoms with Gasteiger partial charge in [-0.15, -0.1) is 0 Å². The summed E-state index contributed by atoms with van der Waals surface area (Å²) >= 11 is 0. The van der Waals surface area contributed by atoms with Crippen molar-refractivity contribution in [3.8, 4) is 0 Å². The van der Waals surface area contributed by atoms with Crippen LogP contribution in [0.4, 0.5) is 5.69 Å². The number of hydrogen-bond donors (Lipinski definition) is 4. The molecule has 2 rings (SSSR count). The molecule has 0 radical (unpaired) electrons. The molecule has 0 aromatic heterocycles. The van der Waals surface area contributed by atoms with Crippen LogP contribution < -0.4 is 10.4 Å². The van der Waals surface area contributed by atoms with Gasteiger partial charge in [-0.05, 0) is 52.2 Å². The largest absolute Gasteiger partial charge is 0.396 e. The first-order valence-corrected chi connectivity index (χ1v) is 13.1. The van der Waals surface area contributed by atoms with Crippen molar-refractivity contribution in [2.75, 3.05) is 44.7 Å². The van der Waals surface area contributed by atoms with Gasteiger partial charge in [0.1, 0.15) is 5.92 Å². The lowest BCUT2D eigenvalue weighted by Crippen LogP contribution is -2.35. The third-order valence-electron chi connectivity index (χ3n) is 4.68. The van der Waals surface area contributed by atoms with Gasteiger partial charge in [-0.3, -0.25) is 15.0 Å². The Hall–Kier alpha value is -2.04. The number of amides is 2. The van der Waals surface area contributed by atoms with Crippen LogP contribution in [0.25, 0.3) is 0 Å². The molecule has 1 heterocycles. The molecule has 0 bridgehead atoms. The smallest absolute Gasteiger partial charge is 0.258 e. The first-order chi connectivity index (χ1) is 17.3. The van der Waals surface area contributed by atoms with Crippen molar-refractivity contribution in [1.82, 2.24) is 5.43 Å². The van der Waals surface area contributed by atoms with Crippen LogP contribution in [0.3, 0.4) is 0 Å². The number of nitrogens with zero attached hydrogens (tertiary/aromatic N) is 1. The lowest BCUT2D eigenvalue weighted by molar-refractivity contribution is -0.127. The SMILES string of the molecule is CC(O)CO.CCCCC1C(=O)NN(c2ccccc2)C1=O.CCCCOCCCO.CCOCC. The first-order valence-electron chi connectivity index (χ1n) is 13.1. The maximum absolute atomic E-state index is 12.1. The number of rotatable bonds is 13. The standard InChI is InChI=1S/C13H16N2O2.C7H16O2.C4H10O.C3H8O2/c1-2-3-9-11-12(16)14-15(13(11)17)10-7-5-4-6-8-10;1-2-3-6-9-7-4-5-8;1-3-5-4-2;1-3(5)2-4/h4-8,11H,2-3,9H2,1H3,(H,14,16);8H,2-7H2,1H3;3-4H2,1-2H3;3-5H,2H2,1H3. The zero-order valence-electron chi connectivity index (χ0n) is 22.9.